The zero-order valence-corrected chi connectivity index (χ0v) is 8.85. The Balaban J connectivity index is 2.15. The van der Waals surface area contributed by atoms with Crippen LogP contribution in [0.5, 0.6) is 0 Å². The van der Waals surface area contributed by atoms with Crippen LogP contribution in [0.2, 0.25) is 0 Å². The maximum Gasteiger partial charge on any atom is 0.306 e. The molecule has 3 nitrogen and oxygen atoms in total. The molecule has 0 aromatic heterocycles. The van der Waals surface area contributed by atoms with Crippen LogP contribution in [0.4, 0.5) is 0 Å². The van der Waals surface area contributed by atoms with Crippen molar-refractivity contribution < 1.29 is 14.6 Å². The molecule has 15 heavy (non-hydrogen) atoms. The fraction of sp³-hybridized carbons (Fsp3) is 0.417. The van der Waals surface area contributed by atoms with E-state index in [4.69, 9.17) is 9.84 Å². The zero-order chi connectivity index (χ0) is 11.1. The lowest BCUT2D eigenvalue weighted by Gasteiger charge is -2.07. The summed E-state index contributed by atoms with van der Waals surface area (Å²) in [5.41, 5.74) is 1.11. The third-order valence-electron chi connectivity index (χ3n) is 2.23. The summed E-state index contributed by atoms with van der Waals surface area (Å²) in [4.78, 5) is 10.5. The third kappa shape index (κ3) is 4.61. The lowest BCUT2D eigenvalue weighted by atomic mass is 10.1. The van der Waals surface area contributed by atoms with E-state index in [0.29, 0.717) is 19.6 Å². The number of ether oxygens (including phenoxy) is 1. The number of hydrogen-bond acceptors (Lipinski definition) is 2. The molecule has 0 aliphatic rings. The minimum absolute atomic E-state index is 0.333. The predicted molar refractivity (Wildman–Crippen MR) is 57.5 cm³/mol. The fourth-order valence-electron chi connectivity index (χ4n) is 1.15. The van der Waals surface area contributed by atoms with E-state index in [-0.39, 0.29) is 5.92 Å². The molecule has 0 amide bonds. The highest BCUT2D eigenvalue weighted by Crippen LogP contribution is 2.04. The molecule has 1 N–H and O–H groups in total. The van der Waals surface area contributed by atoms with E-state index in [2.05, 4.69) is 0 Å². The van der Waals surface area contributed by atoms with Crippen LogP contribution in [0.1, 0.15) is 18.9 Å². The number of hydrogen-bond donors (Lipinski definition) is 1. The van der Waals surface area contributed by atoms with Gasteiger partial charge in [-0.05, 0) is 12.0 Å². The van der Waals surface area contributed by atoms with Gasteiger partial charge in [-0.1, -0.05) is 37.3 Å². The Morgan fingerprint density at radius 1 is 1.40 bits per heavy atom. The van der Waals surface area contributed by atoms with Crippen molar-refractivity contribution in [2.75, 3.05) is 6.61 Å². The van der Waals surface area contributed by atoms with Crippen molar-refractivity contribution in [1.29, 1.82) is 0 Å². The number of rotatable bonds is 6. The SMILES string of the molecule is C[C@@H](CCOCc1ccccc1)C(=O)O. The van der Waals surface area contributed by atoms with Crippen LogP contribution < -0.4 is 0 Å². The third-order valence-corrected chi connectivity index (χ3v) is 2.23. The maximum absolute atomic E-state index is 10.5. The van der Waals surface area contributed by atoms with Gasteiger partial charge in [-0.25, -0.2) is 0 Å². The molecule has 3 heteroatoms. The maximum atomic E-state index is 10.5. The average Bonchev–Trinajstić information content (AvgIpc) is 2.25. The van der Waals surface area contributed by atoms with E-state index < -0.39 is 5.97 Å². The van der Waals surface area contributed by atoms with Crippen molar-refractivity contribution in [3.63, 3.8) is 0 Å². The first kappa shape index (κ1) is 11.7. The normalized spacial score (nSPS) is 12.3. The first-order valence-corrected chi connectivity index (χ1v) is 5.04. The molecule has 0 fully saturated rings. The van der Waals surface area contributed by atoms with Gasteiger partial charge in [0.25, 0.3) is 0 Å². The number of carbonyl (C=O) groups is 1. The first-order valence-electron chi connectivity index (χ1n) is 5.04. The van der Waals surface area contributed by atoms with Crippen molar-refractivity contribution in [3.8, 4) is 0 Å². The molecule has 0 radical (unpaired) electrons. The molecule has 0 saturated heterocycles. The average molecular weight is 208 g/mol. The van der Waals surface area contributed by atoms with Crippen LogP contribution in [0.25, 0.3) is 0 Å². The van der Waals surface area contributed by atoms with Gasteiger partial charge >= 0.3 is 5.97 Å². The van der Waals surface area contributed by atoms with E-state index in [0.717, 1.165) is 5.56 Å². The highest BCUT2D eigenvalue weighted by molar-refractivity contribution is 5.69. The van der Waals surface area contributed by atoms with E-state index in [9.17, 15) is 4.79 Å². The van der Waals surface area contributed by atoms with Crippen LogP contribution in [0.3, 0.4) is 0 Å². The van der Waals surface area contributed by atoms with Crippen molar-refractivity contribution >= 4 is 5.97 Å². The van der Waals surface area contributed by atoms with Gasteiger partial charge in [0.1, 0.15) is 0 Å². The number of carboxylic acids is 1. The van der Waals surface area contributed by atoms with E-state index in [1.807, 2.05) is 30.3 Å². The Bertz CT molecular complexity index is 295. The summed E-state index contributed by atoms with van der Waals surface area (Å²) in [7, 11) is 0. The molecule has 82 valence electrons. The zero-order valence-electron chi connectivity index (χ0n) is 8.85. The summed E-state index contributed by atoms with van der Waals surface area (Å²) in [5.74, 6) is -1.10. The van der Waals surface area contributed by atoms with Crippen LogP contribution in [0.15, 0.2) is 30.3 Å². The highest BCUT2D eigenvalue weighted by Gasteiger charge is 2.09. The smallest absolute Gasteiger partial charge is 0.306 e. The van der Waals surface area contributed by atoms with E-state index in [1.54, 1.807) is 6.92 Å². The Morgan fingerprint density at radius 3 is 2.67 bits per heavy atom. The van der Waals surface area contributed by atoms with Crippen LogP contribution in [0, 0.1) is 5.92 Å². The molecule has 0 heterocycles. The van der Waals surface area contributed by atoms with Crippen molar-refractivity contribution in [3.05, 3.63) is 35.9 Å². The summed E-state index contributed by atoms with van der Waals surface area (Å²) in [6.07, 6.45) is 0.558. The standard InChI is InChI=1S/C12H16O3/c1-10(12(13)14)7-8-15-9-11-5-3-2-4-6-11/h2-6,10H,7-9H2,1H3,(H,13,14)/t10-/m0/s1. The second-order valence-electron chi connectivity index (χ2n) is 3.57. The minimum Gasteiger partial charge on any atom is -0.481 e. The Morgan fingerprint density at radius 2 is 2.07 bits per heavy atom. The molecule has 0 saturated carbocycles. The Labute approximate surface area is 89.7 Å². The van der Waals surface area contributed by atoms with Gasteiger partial charge in [-0.3, -0.25) is 4.79 Å². The number of benzene rings is 1. The summed E-state index contributed by atoms with van der Waals surface area (Å²) < 4.78 is 5.38. The number of aliphatic carboxylic acids is 1. The van der Waals surface area contributed by atoms with Crippen LogP contribution >= 0.6 is 0 Å². The molecule has 0 aliphatic carbocycles. The van der Waals surface area contributed by atoms with Gasteiger partial charge in [-0.2, -0.15) is 0 Å². The lowest BCUT2D eigenvalue weighted by molar-refractivity contribution is -0.141. The highest BCUT2D eigenvalue weighted by atomic mass is 16.5. The molecule has 0 spiro atoms. The molecule has 1 aromatic carbocycles. The molecular weight excluding hydrogens is 192 g/mol. The van der Waals surface area contributed by atoms with Crippen LogP contribution in [-0.2, 0) is 16.1 Å². The first-order chi connectivity index (χ1) is 7.20. The van der Waals surface area contributed by atoms with Crippen LogP contribution in [-0.4, -0.2) is 17.7 Å². The van der Waals surface area contributed by atoms with Crippen molar-refractivity contribution in [1.82, 2.24) is 0 Å². The molecule has 1 atom stereocenters. The summed E-state index contributed by atoms with van der Waals surface area (Å²) in [6, 6.07) is 9.84. The fourth-order valence-corrected chi connectivity index (χ4v) is 1.15. The second kappa shape index (κ2) is 6.19. The number of carboxylic acid groups (broad SMARTS) is 1. The van der Waals surface area contributed by atoms with Gasteiger partial charge in [0.15, 0.2) is 0 Å². The van der Waals surface area contributed by atoms with Crippen molar-refractivity contribution in [2.45, 2.75) is 20.0 Å². The molecule has 1 rings (SSSR count). The van der Waals surface area contributed by atoms with Gasteiger partial charge in [-0.15, -0.1) is 0 Å². The summed E-state index contributed by atoms with van der Waals surface area (Å²) in [6.45, 7) is 2.73. The monoisotopic (exact) mass is 208 g/mol. The molecule has 0 unspecified atom stereocenters. The summed E-state index contributed by atoms with van der Waals surface area (Å²) >= 11 is 0. The van der Waals surface area contributed by atoms with Gasteiger partial charge in [0.05, 0.1) is 12.5 Å². The second-order valence-corrected chi connectivity index (χ2v) is 3.57. The van der Waals surface area contributed by atoms with Gasteiger partial charge < -0.3 is 9.84 Å². The summed E-state index contributed by atoms with van der Waals surface area (Å²) in [5, 5.41) is 8.64. The van der Waals surface area contributed by atoms with Gasteiger partial charge in [0.2, 0.25) is 0 Å². The molecular formula is C12H16O3. The van der Waals surface area contributed by atoms with E-state index in [1.165, 1.54) is 0 Å². The quantitative estimate of drug-likeness (QED) is 0.730. The molecule has 0 aliphatic heterocycles. The molecule has 0 bridgehead atoms. The minimum atomic E-state index is -0.765. The topological polar surface area (TPSA) is 46.5 Å². The Hall–Kier alpha value is -1.35. The molecule has 1 aromatic rings. The lowest BCUT2D eigenvalue weighted by Crippen LogP contribution is -2.12. The largest absolute Gasteiger partial charge is 0.481 e. The van der Waals surface area contributed by atoms with Gasteiger partial charge in [0, 0.05) is 6.61 Å². The predicted octanol–water partition coefficient (Wildman–Crippen LogP) is 2.31. The van der Waals surface area contributed by atoms with E-state index >= 15 is 0 Å². The van der Waals surface area contributed by atoms with Crippen molar-refractivity contribution in [2.24, 2.45) is 5.92 Å². The Kier molecular flexibility index (Phi) is 4.84.